The van der Waals surface area contributed by atoms with Crippen LogP contribution in [0.3, 0.4) is 0 Å². The van der Waals surface area contributed by atoms with Crippen molar-refractivity contribution in [2.75, 3.05) is 25.1 Å². The normalized spacial score (nSPS) is 17.4. The molecule has 0 amide bonds. The van der Waals surface area contributed by atoms with Gasteiger partial charge in [-0.3, -0.25) is 4.79 Å². The summed E-state index contributed by atoms with van der Waals surface area (Å²) in [5.41, 5.74) is 3.55. The highest BCUT2D eigenvalue weighted by atomic mass is 16.5. The van der Waals surface area contributed by atoms with Crippen LogP contribution in [0.4, 0.5) is 5.69 Å². The van der Waals surface area contributed by atoms with Crippen molar-refractivity contribution in [3.8, 4) is 0 Å². The Labute approximate surface area is 172 Å². The molecule has 3 aromatic carbocycles. The molecule has 150 valence electrons. The number of esters is 1. The Morgan fingerprint density at radius 3 is 2.66 bits per heavy atom. The molecule has 0 bridgehead atoms. The Morgan fingerprint density at radius 2 is 1.86 bits per heavy atom. The summed E-state index contributed by atoms with van der Waals surface area (Å²) in [4.78, 5) is 13.8. The van der Waals surface area contributed by atoms with E-state index in [1.165, 1.54) is 29.1 Å². The molecule has 1 N–H and O–H groups in total. The van der Waals surface area contributed by atoms with Gasteiger partial charge in [0.1, 0.15) is 0 Å². The number of hydrogen-bond donors (Lipinski definition) is 1. The van der Waals surface area contributed by atoms with E-state index in [4.69, 9.17) is 4.74 Å². The predicted molar refractivity (Wildman–Crippen MR) is 118 cm³/mol. The second-order valence-corrected chi connectivity index (χ2v) is 7.81. The number of fused-ring (bicyclic) bond motifs is 1. The fourth-order valence-corrected chi connectivity index (χ4v) is 4.27. The van der Waals surface area contributed by atoms with Crippen LogP contribution in [-0.4, -0.2) is 32.2 Å². The van der Waals surface area contributed by atoms with Crippen molar-refractivity contribution in [1.82, 2.24) is 5.32 Å². The van der Waals surface area contributed by atoms with E-state index >= 15 is 0 Å². The number of benzene rings is 3. The number of methoxy groups -OCH3 is 1. The first-order valence-corrected chi connectivity index (χ1v) is 10.3. The van der Waals surface area contributed by atoms with Gasteiger partial charge in [0.2, 0.25) is 0 Å². The molecule has 0 aliphatic carbocycles. The molecule has 0 aromatic heterocycles. The number of rotatable bonds is 6. The first kappa shape index (κ1) is 19.5. The van der Waals surface area contributed by atoms with Crippen molar-refractivity contribution in [2.45, 2.75) is 31.8 Å². The summed E-state index contributed by atoms with van der Waals surface area (Å²) in [6.45, 7) is 4.29. The third kappa shape index (κ3) is 4.43. The smallest absolute Gasteiger partial charge is 0.309 e. The van der Waals surface area contributed by atoms with Crippen molar-refractivity contribution in [1.29, 1.82) is 0 Å². The Morgan fingerprint density at radius 1 is 1.10 bits per heavy atom. The number of nitrogens with one attached hydrogen (secondary N) is 1. The van der Waals surface area contributed by atoms with Gasteiger partial charge < -0.3 is 15.0 Å². The minimum absolute atomic E-state index is 0.203. The molecule has 1 heterocycles. The Balaban J connectivity index is 1.39. The van der Waals surface area contributed by atoms with Gasteiger partial charge in [-0.25, -0.2) is 0 Å². The van der Waals surface area contributed by atoms with E-state index in [1.807, 2.05) is 12.1 Å². The number of carbonyl (C=O) groups excluding carboxylic acids is 1. The quantitative estimate of drug-likeness (QED) is 0.632. The van der Waals surface area contributed by atoms with E-state index in [0.29, 0.717) is 18.5 Å². The van der Waals surface area contributed by atoms with Crippen LogP contribution in [0.25, 0.3) is 10.8 Å². The monoisotopic (exact) mass is 388 g/mol. The number of ether oxygens (including phenoxy) is 1. The van der Waals surface area contributed by atoms with Gasteiger partial charge in [0.25, 0.3) is 0 Å². The van der Waals surface area contributed by atoms with E-state index in [-0.39, 0.29) is 5.97 Å². The minimum atomic E-state index is -0.203. The van der Waals surface area contributed by atoms with Crippen LogP contribution in [0.1, 0.15) is 30.5 Å². The second-order valence-electron chi connectivity index (χ2n) is 7.81. The third-order valence-electron chi connectivity index (χ3n) is 5.84. The molecule has 3 aromatic rings. The molecule has 2 atom stereocenters. The van der Waals surface area contributed by atoms with E-state index < -0.39 is 0 Å². The Kier molecular flexibility index (Phi) is 5.81. The third-order valence-corrected chi connectivity index (χ3v) is 5.84. The van der Waals surface area contributed by atoms with E-state index in [9.17, 15) is 4.79 Å². The van der Waals surface area contributed by atoms with E-state index in [2.05, 4.69) is 71.7 Å². The molecule has 0 spiro atoms. The maximum absolute atomic E-state index is 11.4. The summed E-state index contributed by atoms with van der Waals surface area (Å²) in [7, 11) is 1.42. The van der Waals surface area contributed by atoms with Crippen LogP contribution in [0, 0.1) is 0 Å². The van der Waals surface area contributed by atoms with Gasteiger partial charge in [0, 0.05) is 30.9 Å². The zero-order valence-electron chi connectivity index (χ0n) is 17.1. The number of carbonyl (C=O) groups is 1. The summed E-state index contributed by atoms with van der Waals surface area (Å²) in [6.07, 6.45) is 1.45. The lowest BCUT2D eigenvalue weighted by atomic mass is 9.99. The molecule has 1 fully saturated rings. The summed E-state index contributed by atoms with van der Waals surface area (Å²) >= 11 is 0. The van der Waals surface area contributed by atoms with Crippen LogP contribution < -0.4 is 10.2 Å². The molecule has 0 radical (unpaired) electrons. The highest BCUT2D eigenvalue weighted by molar-refractivity contribution is 5.86. The highest BCUT2D eigenvalue weighted by Crippen LogP contribution is 2.27. The lowest BCUT2D eigenvalue weighted by Crippen LogP contribution is -2.34. The maximum atomic E-state index is 11.4. The van der Waals surface area contributed by atoms with E-state index in [1.54, 1.807) is 0 Å². The molecule has 0 unspecified atom stereocenters. The van der Waals surface area contributed by atoms with Crippen molar-refractivity contribution in [3.63, 3.8) is 0 Å². The van der Waals surface area contributed by atoms with E-state index in [0.717, 1.165) is 25.1 Å². The summed E-state index contributed by atoms with van der Waals surface area (Å²) in [5.74, 6) is -0.203. The van der Waals surface area contributed by atoms with Gasteiger partial charge in [0.15, 0.2) is 0 Å². The molecule has 1 saturated heterocycles. The molecule has 4 heteroatoms. The molecular formula is C25H28N2O2. The molecule has 29 heavy (non-hydrogen) atoms. The zero-order valence-corrected chi connectivity index (χ0v) is 17.1. The lowest BCUT2D eigenvalue weighted by Gasteiger charge is -2.23. The highest BCUT2D eigenvalue weighted by Gasteiger charge is 2.24. The Hall–Kier alpha value is -2.85. The average molecular weight is 389 g/mol. The molecule has 1 aliphatic rings. The zero-order chi connectivity index (χ0) is 20.2. The van der Waals surface area contributed by atoms with Gasteiger partial charge in [-0.2, -0.15) is 0 Å². The van der Waals surface area contributed by atoms with Crippen LogP contribution >= 0.6 is 0 Å². The lowest BCUT2D eigenvalue weighted by molar-refractivity contribution is -0.139. The largest absolute Gasteiger partial charge is 0.469 e. The molecule has 4 rings (SSSR count). The first-order valence-electron chi connectivity index (χ1n) is 10.3. The summed E-state index contributed by atoms with van der Waals surface area (Å²) in [5, 5.41) is 6.44. The molecule has 1 aliphatic heterocycles. The van der Waals surface area contributed by atoms with Gasteiger partial charge in [0.05, 0.1) is 13.5 Å². The van der Waals surface area contributed by atoms with Gasteiger partial charge in [-0.15, -0.1) is 0 Å². The number of hydrogen-bond acceptors (Lipinski definition) is 4. The van der Waals surface area contributed by atoms with Crippen LogP contribution in [-0.2, 0) is 16.0 Å². The second kappa shape index (κ2) is 8.66. The average Bonchev–Trinajstić information content (AvgIpc) is 3.22. The van der Waals surface area contributed by atoms with Crippen molar-refractivity contribution < 1.29 is 9.53 Å². The van der Waals surface area contributed by atoms with Crippen molar-refractivity contribution >= 4 is 22.4 Å². The topological polar surface area (TPSA) is 41.6 Å². The molecule has 4 nitrogen and oxygen atoms in total. The van der Waals surface area contributed by atoms with Gasteiger partial charge in [-0.1, -0.05) is 54.6 Å². The maximum Gasteiger partial charge on any atom is 0.309 e. The fourth-order valence-electron chi connectivity index (χ4n) is 4.27. The van der Waals surface area contributed by atoms with Gasteiger partial charge >= 0.3 is 5.97 Å². The molecular weight excluding hydrogens is 360 g/mol. The Bertz CT molecular complexity index is 978. The SMILES string of the molecule is COC(=O)Cc1ccc(N2CC[C@H](N[C@H](C)c3cccc4ccccc34)C2)cc1. The fraction of sp³-hybridized carbons (Fsp3) is 0.320. The standard InChI is InChI=1S/C25H28N2O2/c1-18(23-9-5-7-20-6-3-4-8-24(20)23)26-21-14-15-27(17-21)22-12-10-19(11-13-22)16-25(28)29-2/h3-13,18,21,26H,14-17H2,1-2H3/t18-,21+/m1/s1. The minimum Gasteiger partial charge on any atom is -0.469 e. The molecule has 0 saturated carbocycles. The predicted octanol–water partition coefficient (Wildman–Crippen LogP) is 4.48. The number of anilines is 1. The van der Waals surface area contributed by atoms with Crippen LogP contribution in [0.5, 0.6) is 0 Å². The van der Waals surface area contributed by atoms with Crippen LogP contribution in [0.15, 0.2) is 66.7 Å². The van der Waals surface area contributed by atoms with Crippen molar-refractivity contribution in [3.05, 3.63) is 77.9 Å². The first-order chi connectivity index (χ1) is 14.1. The van der Waals surface area contributed by atoms with Crippen LogP contribution in [0.2, 0.25) is 0 Å². The summed E-state index contributed by atoms with van der Waals surface area (Å²) in [6, 6.07) is 24.1. The number of nitrogens with zero attached hydrogens (tertiary/aromatic N) is 1. The van der Waals surface area contributed by atoms with Gasteiger partial charge in [-0.05, 0) is 47.4 Å². The summed E-state index contributed by atoms with van der Waals surface area (Å²) < 4.78 is 4.74. The van der Waals surface area contributed by atoms with Crippen molar-refractivity contribution in [2.24, 2.45) is 0 Å².